The fraction of sp³-hybridized carbons (Fsp3) is 0.750. The standard InChI is InChI=1S/C20H34N4O4/c1-3-18(27-12-1)4-7-22-20(23-8-9-24-10-15-25-16-11-24)21-6-2-13-28-19-5-14-26-17-19/h1,3,12,19H,2,4-11,13-17H2,(H2,21,22,23). The van der Waals surface area contributed by atoms with Gasteiger partial charge in [0.05, 0.1) is 32.2 Å². The zero-order valence-corrected chi connectivity index (χ0v) is 16.7. The second-order valence-corrected chi connectivity index (χ2v) is 7.08. The van der Waals surface area contributed by atoms with Crippen molar-refractivity contribution in [3.8, 4) is 0 Å². The van der Waals surface area contributed by atoms with Crippen molar-refractivity contribution in [1.82, 2.24) is 15.5 Å². The first-order chi connectivity index (χ1) is 13.9. The van der Waals surface area contributed by atoms with Crippen LogP contribution in [0.1, 0.15) is 18.6 Å². The molecule has 8 nitrogen and oxygen atoms in total. The van der Waals surface area contributed by atoms with Crippen LogP contribution in [-0.2, 0) is 20.6 Å². The summed E-state index contributed by atoms with van der Waals surface area (Å²) in [4.78, 5) is 7.11. The fourth-order valence-electron chi connectivity index (χ4n) is 3.24. The van der Waals surface area contributed by atoms with Crippen molar-refractivity contribution in [2.75, 3.05) is 72.3 Å². The van der Waals surface area contributed by atoms with E-state index in [0.717, 1.165) is 103 Å². The molecule has 8 heteroatoms. The van der Waals surface area contributed by atoms with E-state index in [1.54, 1.807) is 6.26 Å². The summed E-state index contributed by atoms with van der Waals surface area (Å²) in [6.07, 6.45) is 4.72. The van der Waals surface area contributed by atoms with Crippen LogP contribution < -0.4 is 10.6 Å². The molecule has 2 aliphatic rings. The molecule has 0 saturated carbocycles. The number of nitrogens with one attached hydrogen (secondary N) is 2. The molecule has 0 spiro atoms. The molecule has 1 aromatic rings. The second-order valence-electron chi connectivity index (χ2n) is 7.08. The zero-order chi connectivity index (χ0) is 19.3. The van der Waals surface area contributed by atoms with Crippen LogP contribution in [0.4, 0.5) is 0 Å². The number of furan rings is 1. The summed E-state index contributed by atoms with van der Waals surface area (Å²) in [5.74, 6) is 1.83. The number of hydrogen-bond acceptors (Lipinski definition) is 6. The highest BCUT2D eigenvalue weighted by atomic mass is 16.5. The fourth-order valence-corrected chi connectivity index (χ4v) is 3.24. The maximum Gasteiger partial charge on any atom is 0.191 e. The Kier molecular flexibility index (Phi) is 9.63. The molecule has 28 heavy (non-hydrogen) atoms. The van der Waals surface area contributed by atoms with Gasteiger partial charge in [-0.25, -0.2) is 0 Å². The molecule has 0 bridgehead atoms. The first kappa shape index (κ1) is 21.1. The monoisotopic (exact) mass is 394 g/mol. The summed E-state index contributed by atoms with van der Waals surface area (Å²) >= 11 is 0. The minimum atomic E-state index is 0.265. The van der Waals surface area contributed by atoms with Gasteiger partial charge in [0.1, 0.15) is 5.76 Å². The molecule has 0 aromatic carbocycles. The van der Waals surface area contributed by atoms with Gasteiger partial charge in [-0.3, -0.25) is 9.89 Å². The Bertz CT molecular complexity index is 540. The number of hydrogen-bond donors (Lipinski definition) is 2. The Morgan fingerprint density at radius 1 is 1.18 bits per heavy atom. The van der Waals surface area contributed by atoms with Gasteiger partial charge in [0.2, 0.25) is 0 Å². The zero-order valence-electron chi connectivity index (χ0n) is 16.7. The Morgan fingerprint density at radius 2 is 2.07 bits per heavy atom. The van der Waals surface area contributed by atoms with Crippen LogP contribution in [0.2, 0.25) is 0 Å². The summed E-state index contributed by atoms with van der Waals surface area (Å²) in [5.41, 5.74) is 0. The first-order valence-electron chi connectivity index (χ1n) is 10.4. The lowest BCUT2D eigenvalue weighted by atomic mass is 10.3. The lowest BCUT2D eigenvalue weighted by Crippen LogP contribution is -2.44. The van der Waals surface area contributed by atoms with Crippen LogP contribution in [0.25, 0.3) is 0 Å². The van der Waals surface area contributed by atoms with E-state index >= 15 is 0 Å². The molecular weight excluding hydrogens is 360 g/mol. The van der Waals surface area contributed by atoms with Crippen LogP contribution in [0, 0.1) is 0 Å². The Morgan fingerprint density at radius 3 is 2.86 bits per heavy atom. The second kappa shape index (κ2) is 12.8. The average Bonchev–Trinajstić information content (AvgIpc) is 3.42. The molecule has 2 N–H and O–H groups in total. The van der Waals surface area contributed by atoms with Crippen molar-refractivity contribution in [3.05, 3.63) is 24.2 Å². The molecule has 2 fully saturated rings. The van der Waals surface area contributed by atoms with E-state index < -0.39 is 0 Å². The van der Waals surface area contributed by atoms with Gasteiger partial charge in [0, 0.05) is 58.9 Å². The molecule has 2 aliphatic heterocycles. The Labute approximate surface area is 167 Å². The van der Waals surface area contributed by atoms with Gasteiger partial charge in [0.15, 0.2) is 5.96 Å². The van der Waals surface area contributed by atoms with Gasteiger partial charge in [-0.15, -0.1) is 0 Å². The van der Waals surface area contributed by atoms with Gasteiger partial charge in [-0.05, 0) is 25.0 Å². The SMILES string of the molecule is c1coc(CCNC(=NCCCOC2CCOC2)NCCN2CCOCC2)c1. The summed E-state index contributed by atoms with van der Waals surface area (Å²) in [5, 5.41) is 6.85. The van der Waals surface area contributed by atoms with Crippen LogP contribution >= 0.6 is 0 Å². The highest BCUT2D eigenvalue weighted by Gasteiger charge is 2.15. The number of morpholine rings is 1. The Hall–Kier alpha value is -1.61. The van der Waals surface area contributed by atoms with E-state index in [4.69, 9.17) is 23.6 Å². The Balaban J connectivity index is 1.35. The molecule has 0 aliphatic carbocycles. The topological polar surface area (TPSA) is 80.5 Å². The maximum atomic E-state index is 5.81. The molecule has 1 aromatic heterocycles. The lowest BCUT2D eigenvalue weighted by molar-refractivity contribution is 0.0389. The van der Waals surface area contributed by atoms with Crippen molar-refractivity contribution in [3.63, 3.8) is 0 Å². The predicted molar refractivity (Wildman–Crippen MR) is 108 cm³/mol. The molecule has 3 rings (SSSR count). The van der Waals surface area contributed by atoms with Gasteiger partial charge >= 0.3 is 0 Å². The molecule has 0 radical (unpaired) electrons. The summed E-state index contributed by atoms with van der Waals surface area (Å²) in [6.45, 7) is 9.31. The highest BCUT2D eigenvalue weighted by molar-refractivity contribution is 5.79. The van der Waals surface area contributed by atoms with Gasteiger partial charge < -0.3 is 29.3 Å². The third kappa shape index (κ3) is 8.18. The van der Waals surface area contributed by atoms with E-state index in [1.807, 2.05) is 12.1 Å². The van der Waals surface area contributed by atoms with Crippen molar-refractivity contribution < 1.29 is 18.6 Å². The normalized spacial score (nSPS) is 21.1. The van der Waals surface area contributed by atoms with Gasteiger partial charge in [0.25, 0.3) is 0 Å². The molecular formula is C20H34N4O4. The van der Waals surface area contributed by atoms with Crippen LogP contribution in [0.5, 0.6) is 0 Å². The third-order valence-electron chi connectivity index (χ3n) is 4.88. The average molecular weight is 395 g/mol. The third-order valence-corrected chi connectivity index (χ3v) is 4.88. The summed E-state index contributed by atoms with van der Waals surface area (Å²) < 4.78 is 21.9. The molecule has 3 heterocycles. The van der Waals surface area contributed by atoms with E-state index in [-0.39, 0.29) is 6.10 Å². The quantitative estimate of drug-likeness (QED) is 0.328. The molecule has 0 amide bonds. The molecule has 1 atom stereocenters. The van der Waals surface area contributed by atoms with Gasteiger partial charge in [-0.1, -0.05) is 0 Å². The number of ether oxygens (including phenoxy) is 3. The van der Waals surface area contributed by atoms with Crippen LogP contribution in [0.15, 0.2) is 27.8 Å². The van der Waals surface area contributed by atoms with Crippen molar-refractivity contribution in [2.24, 2.45) is 4.99 Å². The largest absolute Gasteiger partial charge is 0.469 e. The van der Waals surface area contributed by atoms with Crippen molar-refractivity contribution in [2.45, 2.75) is 25.4 Å². The molecule has 1 unspecified atom stereocenters. The predicted octanol–water partition coefficient (Wildman–Crippen LogP) is 0.885. The van der Waals surface area contributed by atoms with Crippen LogP contribution in [-0.4, -0.2) is 89.3 Å². The number of aliphatic imine (C=N–C) groups is 1. The van der Waals surface area contributed by atoms with Gasteiger partial charge in [-0.2, -0.15) is 0 Å². The highest BCUT2D eigenvalue weighted by Crippen LogP contribution is 2.08. The van der Waals surface area contributed by atoms with Crippen molar-refractivity contribution >= 4 is 5.96 Å². The lowest BCUT2D eigenvalue weighted by Gasteiger charge is -2.26. The van der Waals surface area contributed by atoms with E-state index in [9.17, 15) is 0 Å². The molecule has 2 saturated heterocycles. The summed E-state index contributed by atoms with van der Waals surface area (Å²) in [6, 6.07) is 3.91. The van der Waals surface area contributed by atoms with Crippen LogP contribution in [0.3, 0.4) is 0 Å². The van der Waals surface area contributed by atoms with E-state index in [1.165, 1.54) is 0 Å². The molecule has 158 valence electrons. The smallest absolute Gasteiger partial charge is 0.191 e. The minimum Gasteiger partial charge on any atom is -0.469 e. The number of nitrogens with zero attached hydrogens (tertiary/aromatic N) is 2. The minimum absolute atomic E-state index is 0.265. The number of rotatable bonds is 11. The van der Waals surface area contributed by atoms with Crippen molar-refractivity contribution in [1.29, 1.82) is 0 Å². The van der Waals surface area contributed by atoms with E-state index in [0.29, 0.717) is 0 Å². The maximum absolute atomic E-state index is 5.81. The van der Waals surface area contributed by atoms with E-state index in [2.05, 4.69) is 15.5 Å². The number of guanidine groups is 1. The first-order valence-corrected chi connectivity index (χ1v) is 10.4. The summed E-state index contributed by atoms with van der Waals surface area (Å²) in [7, 11) is 0.